The Morgan fingerprint density at radius 1 is 1.03 bits per heavy atom. The minimum Gasteiger partial charge on any atom is -0.491 e. The number of ether oxygens (including phenoxy) is 1. The van der Waals surface area contributed by atoms with Crippen molar-refractivity contribution in [1.29, 1.82) is 0 Å². The maximum absolute atomic E-state index is 13.0. The van der Waals surface area contributed by atoms with Gasteiger partial charge < -0.3 is 4.74 Å². The minimum atomic E-state index is -0.436. The van der Waals surface area contributed by atoms with Crippen molar-refractivity contribution < 1.29 is 4.74 Å². The number of aromatic nitrogens is 5. The maximum Gasteiger partial charge on any atom is 0.295 e. The Morgan fingerprint density at radius 3 is 2.51 bits per heavy atom. The first kappa shape index (κ1) is 22.7. The van der Waals surface area contributed by atoms with Crippen molar-refractivity contribution in [2.75, 3.05) is 0 Å². The summed E-state index contributed by atoms with van der Waals surface area (Å²) in [5.41, 5.74) is 3.68. The first-order chi connectivity index (χ1) is 16.8. The molecule has 3 heterocycles. The second-order valence-electron chi connectivity index (χ2n) is 8.47. The third-order valence-electron chi connectivity index (χ3n) is 5.40. The van der Waals surface area contributed by atoms with E-state index >= 15 is 0 Å². The van der Waals surface area contributed by atoms with E-state index in [-0.39, 0.29) is 22.3 Å². The Labute approximate surface area is 204 Å². The summed E-state index contributed by atoms with van der Waals surface area (Å²) in [5, 5.41) is 8.95. The molecular formula is C26H23N5O3S. The Hall–Kier alpha value is -4.11. The van der Waals surface area contributed by atoms with E-state index in [9.17, 15) is 9.59 Å². The van der Waals surface area contributed by atoms with Crippen molar-refractivity contribution in [1.82, 2.24) is 24.4 Å². The van der Waals surface area contributed by atoms with Crippen molar-refractivity contribution >= 4 is 22.4 Å². The van der Waals surface area contributed by atoms with Gasteiger partial charge in [-0.05, 0) is 69.7 Å². The normalized spacial score (nSPS) is 12.1. The topological polar surface area (TPSA) is 91.4 Å². The molecule has 0 unspecified atom stereocenters. The summed E-state index contributed by atoms with van der Waals surface area (Å²) < 4.78 is 9.27. The van der Waals surface area contributed by atoms with Gasteiger partial charge in [-0.2, -0.15) is 19.7 Å². The minimum absolute atomic E-state index is 0.0714. The number of rotatable bonds is 5. The van der Waals surface area contributed by atoms with Gasteiger partial charge in [0.05, 0.1) is 16.3 Å². The highest BCUT2D eigenvalue weighted by Crippen LogP contribution is 2.29. The Morgan fingerprint density at radius 2 is 1.80 bits per heavy atom. The summed E-state index contributed by atoms with van der Waals surface area (Å²) in [6, 6.07) is 15.7. The number of nitrogens with zero attached hydrogens (tertiary/aromatic N) is 5. The molecule has 0 radical (unpaired) electrons. The molecule has 0 aliphatic rings. The first-order valence-corrected chi connectivity index (χ1v) is 12.0. The van der Waals surface area contributed by atoms with Gasteiger partial charge in [-0.25, -0.2) is 4.68 Å². The molecule has 0 saturated carbocycles. The summed E-state index contributed by atoms with van der Waals surface area (Å²) in [4.78, 5) is 29.2. The quantitative estimate of drug-likeness (QED) is 0.379. The molecule has 3 aromatic heterocycles. The number of para-hydroxylation sites is 1. The molecule has 0 N–H and O–H groups in total. The van der Waals surface area contributed by atoms with E-state index in [1.54, 1.807) is 17.7 Å². The van der Waals surface area contributed by atoms with Crippen LogP contribution in [0.2, 0.25) is 0 Å². The van der Waals surface area contributed by atoms with E-state index in [2.05, 4.69) is 10.1 Å². The average molecular weight is 486 g/mol. The van der Waals surface area contributed by atoms with Crippen LogP contribution in [0.1, 0.15) is 30.7 Å². The van der Waals surface area contributed by atoms with Crippen LogP contribution in [-0.2, 0) is 0 Å². The molecule has 2 aromatic carbocycles. The van der Waals surface area contributed by atoms with Crippen LogP contribution in [0.4, 0.5) is 0 Å². The molecule has 5 aromatic rings. The number of hydrogen-bond acceptors (Lipinski definition) is 7. The van der Waals surface area contributed by atoms with Crippen LogP contribution in [0.15, 0.2) is 64.3 Å². The van der Waals surface area contributed by atoms with Crippen LogP contribution in [0, 0.1) is 13.8 Å². The van der Waals surface area contributed by atoms with Crippen molar-refractivity contribution in [2.45, 2.75) is 33.8 Å². The van der Waals surface area contributed by atoms with Crippen LogP contribution >= 0.6 is 11.3 Å². The molecule has 5 rings (SSSR count). The molecule has 8 nitrogen and oxygen atoms in total. The van der Waals surface area contributed by atoms with Crippen LogP contribution < -0.4 is 20.4 Å². The molecular weight excluding hydrogens is 462 g/mol. The number of hydrogen-bond donors (Lipinski definition) is 0. The lowest BCUT2D eigenvalue weighted by molar-refractivity contribution is 0.241. The average Bonchev–Trinajstić information content (AvgIpc) is 3.38. The number of thiazole rings is 1. The zero-order chi connectivity index (χ0) is 24.7. The molecule has 0 saturated heterocycles. The zero-order valence-corrected chi connectivity index (χ0v) is 20.5. The predicted molar refractivity (Wildman–Crippen MR) is 136 cm³/mol. The molecule has 0 aliphatic carbocycles. The van der Waals surface area contributed by atoms with Gasteiger partial charge in [-0.15, -0.1) is 0 Å². The Kier molecular flexibility index (Phi) is 5.78. The largest absolute Gasteiger partial charge is 0.491 e. The highest BCUT2D eigenvalue weighted by atomic mass is 32.1. The van der Waals surface area contributed by atoms with E-state index in [0.717, 1.165) is 45.2 Å². The standard InChI is InChI=1S/C26H23N5O3S/c1-15(2)34-21-11-10-18(12-16(21)3)23-19(14-30(29-23)20-8-6-5-7-9-20)13-22-25(33)31-26(35-22)27-24(32)17(4)28-31/h5-15H,1-4H3/b22-13-. The second kappa shape index (κ2) is 8.92. The fraction of sp³-hybridized carbons (Fsp3) is 0.192. The summed E-state index contributed by atoms with van der Waals surface area (Å²) >= 11 is 1.13. The van der Waals surface area contributed by atoms with Crippen molar-refractivity contribution in [2.24, 2.45) is 0 Å². The van der Waals surface area contributed by atoms with Crippen molar-refractivity contribution in [3.8, 4) is 22.7 Å². The highest BCUT2D eigenvalue weighted by Gasteiger charge is 2.15. The zero-order valence-electron chi connectivity index (χ0n) is 19.7. The molecule has 0 bridgehead atoms. The Balaban J connectivity index is 1.70. The predicted octanol–water partition coefficient (Wildman–Crippen LogP) is 3.32. The molecule has 35 heavy (non-hydrogen) atoms. The third kappa shape index (κ3) is 4.38. The van der Waals surface area contributed by atoms with E-state index < -0.39 is 5.56 Å². The lowest BCUT2D eigenvalue weighted by Crippen LogP contribution is -2.27. The van der Waals surface area contributed by atoms with Crippen LogP contribution in [0.5, 0.6) is 5.75 Å². The number of fused-ring (bicyclic) bond motifs is 1. The SMILES string of the molecule is Cc1cc(-c2nn(-c3ccccc3)cc2/C=c2\sc3nc(=O)c(C)nn3c2=O)ccc1OC(C)C. The third-order valence-corrected chi connectivity index (χ3v) is 6.36. The highest BCUT2D eigenvalue weighted by molar-refractivity contribution is 7.15. The fourth-order valence-corrected chi connectivity index (χ4v) is 4.64. The van der Waals surface area contributed by atoms with Crippen LogP contribution in [-0.4, -0.2) is 30.5 Å². The molecule has 0 spiro atoms. The summed E-state index contributed by atoms with van der Waals surface area (Å²) in [6.07, 6.45) is 3.74. The first-order valence-electron chi connectivity index (χ1n) is 11.1. The van der Waals surface area contributed by atoms with Crippen LogP contribution in [0.3, 0.4) is 0 Å². The lowest BCUT2D eigenvalue weighted by Gasteiger charge is -2.13. The van der Waals surface area contributed by atoms with Gasteiger partial charge in [0, 0.05) is 17.3 Å². The fourth-order valence-electron chi connectivity index (χ4n) is 3.74. The van der Waals surface area contributed by atoms with E-state index in [1.807, 2.05) is 75.5 Å². The molecule has 0 atom stereocenters. The smallest absolute Gasteiger partial charge is 0.295 e. The van der Waals surface area contributed by atoms with Crippen molar-refractivity contribution in [3.05, 3.63) is 96.8 Å². The summed E-state index contributed by atoms with van der Waals surface area (Å²) in [6.45, 7) is 7.52. The van der Waals surface area contributed by atoms with Gasteiger partial charge in [0.15, 0.2) is 0 Å². The maximum atomic E-state index is 13.0. The monoisotopic (exact) mass is 485 g/mol. The lowest BCUT2D eigenvalue weighted by atomic mass is 10.0. The molecule has 0 fully saturated rings. The van der Waals surface area contributed by atoms with Gasteiger partial charge in [0.2, 0.25) is 4.96 Å². The second-order valence-corrected chi connectivity index (χ2v) is 9.48. The molecule has 176 valence electrons. The van der Waals surface area contributed by atoms with Crippen molar-refractivity contribution in [3.63, 3.8) is 0 Å². The van der Waals surface area contributed by atoms with Gasteiger partial charge in [0.25, 0.3) is 11.1 Å². The van der Waals surface area contributed by atoms with Gasteiger partial charge in [-0.3, -0.25) is 9.59 Å². The van der Waals surface area contributed by atoms with Gasteiger partial charge in [0.1, 0.15) is 17.1 Å². The molecule has 0 aliphatic heterocycles. The summed E-state index contributed by atoms with van der Waals surface area (Å²) in [5.74, 6) is 0.820. The summed E-state index contributed by atoms with van der Waals surface area (Å²) in [7, 11) is 0. The van der Waals surface area contributed by atoms with Crippen LogP contribution in [0.25, 0.3) is 28.0 Å². The Bertz CT molecular complexity index is 1720. The van der Waals surface area contributed by atoms with E-state index in [0.29, 0.717) is 4.53 Å². The van der Waals surface area contributed by atoms with E-state index in [4.69, 9.17) is 9.84 Å². The van der Waals surface area contributed by atoms with Gasteiger partial charge >= 0.3 is 0 Å². The number of benzene rings is 2. The van der Waals surface area contributed by atoms with Gasteiger partial charge in [-0.1, -0.05) is 29.5 Å². The molecule has 9 heteroatoms. The molecule has 0 amide bonds. The van der Waals surface area contributed by atoms with E-state index in [1.165, 1.54) is 4.52 Å². The number of aryl methyl sites for hydroxylation is 2.